The minimum absolute atomic E-state index is 0.258. The monoisotopic (exact) mass is 365 g/mol. The molecule has 2 saturated heterocycles. The molecular formula is C19H27NO6. The summed E-state index contributed by atoms with van der Waals surface area (Å²) in [6.07, 6.45) is -1.48. The van der Waals surface area contributed by atoms with E-state index in [9.17, 15) is 9.90 Å². The Hall–Kier alpha value is -1.51. The van der Waals surface area contributed by atoms with E-state index in [2.05, 4.69) is 12.2 Å². The normalized spacial score (nSPS) is 34.1. The molecule has 0 saturated carbocycles. The van der Waals surface area contributed by atoms with Gasteiger partial charge in [-0.3, -0.25) is 4.79 Å². The highest BCUT2D eigenvalue weighted by molar-refractivity contribution is 5.73. The van der Waals surface area contributed by atoms with Gasteiger partial charge in [0, 0.05) is 19.1 Å². The summed E-state index contributed by atoms with van der Waals surface area (Å²) in [5.41, 5.74) is 0.871. The van der Waals surface area contributed by atoms with E-state index in [1.165, 1.54) is 6.92 Å². The number of carbonyl (C=O) groups excluding carboxylic acids is 1. The van der Waals surface area contributed by atoms with Crippen LogP contribution < -0.4 is 5.32 Å². The molecule has 0 aromatic heterocycles. The van der Waals surface area contributed by atoms with E-state index in [-0.39, 0.29) is 12.5 Å². The van der Waals surface area contributed by atoms with Gasteiger partial charge in [0.25, 0.3) is 0 Å². The molecule has 26 heavy (non-hydrogen) atoms. The fraction of sp³-hybridized carbons (Fsp3) is 0.632. The first-order valence-corrected chi connectivity index (χ1v) is 9.14. The molecule has 0 radical (unpaired) electrons. The summed E-state index contributed by atoms with van der Waals surface area (Å²) >= 11 is 0. The molecule has 144 valence electrons. The number of ether oxygens (including phenoxy) is 4. The minimum Gasteiger partial charge on any atom is -0.388 e. The highest BCUT2D eigenvalue weighted by atomic mass is 16.7. The molecule has 1 amide bonds. The van der Waals surface area contributed by atoms with Crippen molar-refractivity contribution < 1.29 is 28.8 Å². The van der Waals surface area contributed by atoms with Gasteiger partial charge < -0.3 is 29.4 Å². The van der Waals surface area contributed by atoms with Gasteiger partial charge >= 0.3 is 0 Å². The Morgan fingerprint density at radius 1 is 1.31 bits per heavy atom. The average molecular weight is 365 g/mol. The summed E-state index contributed by atoms with van der Waals surface area (Å²) in [7, 11) is 0. The lowest BCUT2D eigenvalue weighted by Crippen LogP contribution is -2.66. The van der Waals surface area contributed by atoms with Crippen LogP contribution in [0.15, 0.2) is 30.3 Å². The lowest BCUT2D eigenvalue weighted by atomic mass is 9.95. The van der Waals surface area contributed by atoms with Crippen LogP contribution in [0.2, 0.25) is 0 Å². The largest absolute Gasteiger partial charge is 0.388 e. The summed E-state index contributed by atoms with van der Waals surface area (Å²) in [5, 5.41) is 13.6. The van der Waals surface area contributed by atoms with Crippen molar-refractivity contribution in [2.75, 3.05) is 13.2 Å². The zero-order chi connectivity index (χ0) is 18.5. The van der Waals surface area contributed by atoms with E-state index in [4.69, 9.17) is 18.9 Å². The first-order valence-electron chi connectivity index (χ1n) is 9.14. The number of hydrogen-bond acceptors (Lipinski definition) is 6. The predicted octanol–water partition coefficient (Wildman–Crippen LogP) is 1.51. The van der Waals surface area contributed by atoms with Crippen LogP contribution >= 0.6 is 0 Å². The van der Waals surface area contributed by atoms with Crippen LogP contribution in [0.1, 0.15) is 38.5 Å². The van der Waals surface area contributed by atoms with E-state index in [1.54, 1.807) is 0 Å². The van der Waals surface area contributed by atoms with E-state index >= 15 is 0 Å². The van der Waals surface area contributed by atoms with Crippen molar-refractivity contribution in [1.82, 2.24) is 5.32 Å². The SMILES string of the molecule is CCCCO[C@H]1OC2COC(c3ccccc3)O[C@H]2[C@H](O)C1NC(C)=O. The Morgan fingerprint density at radius 2 is 2.08 bits per heavy atom. The van der Waals surface area contributed by atoms with Gasteiger partial charge in [-0.1, -0.05) is 43.7 Å². The molecule has 3 unspecified atom stereocenters. The Balaban J connectivity index is 1.71. The highest BCUT2D eigenvalue weighted by Crippen LogP contribution is 2.34. The average Bonchev–Trinajstić information content (AvgIpc) is 2.65. The van der Waals surface area contributed by atoms with E-state index in [0.717, 1.165) is 18.4 Å². The number of aliphatic hydroxyl groups is 1. The van der Waals surface area contributed by atoms with Gasteiger partial charge in [0.05, 0.1) is 6.61 Å². The van der Waals surface area contributed by atoms with Crippen LogP contribution in [0.3, 0.4) is 0 Å². The Kier molecular flexibility index (Phi) is 6.61. The second-order valence-corrected chi connectivity index (χ2v) is 6.66. The van der Waals surface area contributed by atoms with Gasteiger partial charge in [-0.05, 0) is 6.42 Å². The molecule has 0 spiro atoms. The zero-order valence-electron chi connectivity index (χ0n) is 15.2. The first-order chi connectivity index (χ1) is 12.6. The third kappa shape index (κ3) is 4.42. The van der Waals surface area contributed by atoms with E-state index < -0.39 is 36.9 Å². The Morgan fingerprint density at radius 3 is 2.77 bits per heavy atom. The highest BCUT2D eigenvalue weighted by Gasteiger charge is 2.50. The lowest BCUT2D eigenvalue weighted by Gasteiger charge is -2.47. The quantitative estimate of drug-likeness (QED) is 0.743. The molecule has 3 rings (SSSR count). The number of fused-ring (bicyclic) bond motifs is 1. The number of nitrogens with one attached hydrogen (secondary N) is 1. The molecule has 1 aromatic rings. The molecule has 1 aromatic carbocycles. The Bertz CT molecular complexity index is 583. The third-order valence-corrected chi connectivity index (χ3v) is 4.59. The molecule has 0 aliphatic carbocycles. The molecule has 2 aliphatic heterocycles. The molecule has 2 fully saturated rings. The van der Waals surface area contributed by atoms with Crippen molar-refractivity contribution in [3.8, 4) is 0 Å². The topological polar surface area (TPSA) is 86.2 Å². The van der Waals surface area contributed by atoms with Crippen LogP contribution in [0, 0.1) is 0 Å². The molecule has 0 bridgehead atoms. The zero-order valence-corrected chi connectivity index (χ0v) is 15.2. The standard InChI is InChI=1S/C19H27NO6/c1-3-4-10-23-19-15(20-12(2)21)16(22)17-14(25-19)11-24-18(26-17)13-8-6-5-7-9-13/h5-9,14-19,22H,3-4,10-11H2,1-2H3,(H,20,21)/t14?,15?,16-,17-,18?,19+/m1/s1. The van der Waals surface area contributed by atoms with Gasteiger partial charge in [-0.15, -0.1) is 0 Å². The maximum atomic E-state index is 11.6. The summed E-state index contributed by atoms with van der Waals surface area (Å²) in [4.78, 5) is 11.6. The van der Waals surface area contributed by atoms with Crippen molar-refractivity contribution in [1.29, 1.82) is 0 Å². The summed E-state index contributed by atoms with van der Waals surface area (Å²) in [6, 6.07) is 8.84. The smallest absolute Gasteiger partial charge is 0.217 e. The summed E-state index contributed by atoms with van der Waals surface area (Å²) < 4.78 is 23.5. The summed E-state index contributed by atoms with van der Waals surface area (Å²) in [6.45, 7) is 4.24. The van der Waals surface area contributed by atoms with Crippen molar-refractivity contribution >= 4 is 5.91 Å². The van der Waals surface area contributed by atoms with Gasteiger partial charge in [-0.2, -0.15) is 0 Å². The lowest BCUT2D eigenvalue weighted by molar-refractivity contribution is -0.344. The van der Waals surface area contributed by atoms with Crippen molar-refractivity contribution in [3.63, 3.8) is 0 Å². The van der Waals surface area contributed by atoms with Crippen LogP contribution in [0.25, 0.3) is 0 Å². The fourth-order valence-corrected chi connectivity index (χ4v) is 3.25. The number of amides is 1. The molecule has 2 heterocycles. The number of rotatable bonds is 6. The van der Waals surface area contributed by atoms with Crippen molar-refractivity contribution in [2.24, 2.45) is 0 Å². The van der Waals surface area contributed by atoms with Crippen LogP contribution in [0.5, 0.6) is 0 Å². The van der Waals surface area contributed by atoms with Gasteiger partial charge in [0.15, 0.2) is 12.6 Å². The van der Waals surface area contributed by atoms with E-state index in [0.29, 0.717) is 6.61 Å². The molecular weight excluding hydrogens is 338 g/mol. The minimum atomic E-state index is -0.959. The number of hydrogen-bond donors (Lipinski definition) is 2. The molecule has 7 nitrogen and oxygen atoms in total. The number of aliphatic hydroxyl groups excluding tert-OH is 1. The number of benzene rings is 1. The maximum Gasteiger partial charge on any atom is 0.217 e. The van der Waals surface area contributed by atoms with Crippen LogP contribution in [-0.2, 0) is 23.7 Å². The predicted molar refractivity (Wildman–Crippen MR) is 93.1 cm³/mol. The molecule has 2 N–H and O–H groups in total. The Labute approximate surface area is 153 Å². The van der Waals surface area contributed by atoms with Crippen LogP contribution in [0.4, 0.5) is 0 Å². The fourth-order valence-electron chi connectivity index (χ4n) is 3.25. The maximum absolute atomic E-state index is 11.6. The van der Waals surface area contributed by atoms with Gasteiger partial charge in [0.1, 0.15) is 24.4 Å². The molecule has 2 aliphatic rings. The van der Waals surface area contributed by atoms with E-state index in [1.807, 2.05) is 30.3 Å². The third-order valence-electron chi connectivity index (χ3n) is 4.59. The second-order valence-electron chi connectivity index (χ2n) is 6.66. The van der Waals surface area contributed by atoms with Crippen LogP contribution in [-0.4, -0.2) is 54.9 Å². The number of unbranched alkanes of at least 4 members (excludes halogenated alkanes) is 1. The van der Waals surface area contributed by atoms with Crippen molar-refractivity contribution in [2.45, 2.75) is 63.6 Å². The first kappa shape index (κ1) is 19.3. The second kappa shape index (κ2) is 8.92. The summed E-state index contributed by atoms with van der Waals surface area (Å²) in [5.74, 6) is -0.258. The number of carbonyl (C=O) groups is 1. The van der Waals surface area contributed by atoms with Gasteiger partial charge in [0.2, 0.25) is 5.91 Å². The molecule has 7 heteroatoms. The molecule has 6 atom stereocenters. The van der Waals surface area contributed by atoms with Crippen molar-refractivity contribution in [3.05, 3.63) is 35.9 Å². The van der Waals surface area contributed by atoms with Gasteiger partial charge in [-0.25, -0.2) is 0 Å².